The molecule has 0 bridgehead atoms. The van der Waals surface area contributed by atoms with Gasteiger partial charge in [-0.15, -0.1) is 0 Å². The second kappa shape index (κ2) is 6.51. The largest absolute Gasteiger partial charge is 0.497 e. The normalized spacial score (nSPS) is 13.1. The summed E-state index contributed by atoms with van der Waals surface area (Å²) in [6.45, 7) is 0.660. The molecule has 1 aromatic heterocycles. The Morgan fingerprint density at radius 2 is 1.88 bits per heavy atom. The Morgan fingerprint density at radius 3 is 2.65 bits per heavy atom. The molecule has 0 aliphatic carbocycles. The van der Waals surface area contributed by atoms with Crippen LogP contribution in [0.1, 0.15) is 11.4 Å². The average molecular weight is 350 g/mol. The fourth-order valence-electron chi connectivity index (χ4n) is 3.14. The summed E-state index contributed by atoms with van der Waals surface area (Å²) in [6, 6.07) is 16.8. The molecule has 7 nitrogen and oxygen atoms in total. The van der Waals surface area contributed by atoms with E-state index in [1.54, 1.807) is 18.1 Å². The van der Waals surface area contributed by atoms with Crippen molar-refractivity contribution in [1.29, 1.82) is 0 Å². The predicted molar refractivity (Wildman–Crippen MR) is 96.6 cm³/mol. The van der Waals surface area contributed by atoms with Gasteiger partial charge in [0, 0.05) is 18.3 Å². The first-order chi connectivity index (χ1) is 12.7. The van der Waals surface area contributed by atoms with Crippen molar-refractivity contribution in [2.45, 2.75) is 19.5 Å². The number of benzene rings is 2. The number of fused-ring (bicyclic) bond motifs is 1. The van der Waals surface area contributed by atoms with Crippen LogP contribution >= 0.6 is 0 Å². The number of anilines is 1. The molecule has 3 aromatic rings. The molecule has 0 saturated heterocycles. The van der Waals surface area contributed by atoms with Crippen LogP contribution in [0.25, 0.3) is 0 Å². The first-order valence-corrected chi connectivity index (χ1v) is 8.36. The molecule has 0 saturated carbocycles. The van der Waals surface area contributed by atoms with Crippen LogP contribution in [0.4, 0.5) is 10.5 Å². The Hall–Kier alpha value is -3.35. The Labute approximate surface area is 150 Å². The quantitative estimate of drug-likeness (QED) is 0.708. The highest BCUT2D eigenvalue weighted by molar-refractivity contribution is 5.95. The SMILES string of the molecule is COc1cccc(N2Cc3nc(=O)n(CCc4ccccc4)n3C2=O)c1. The minimum atomic E-state index is -0.394. The number of aromatic nitrogens is 3. The van der Waals surface area contributed by atoms with Gasteiger partial charge in [0.25, 0.3) is 0 Å². The zero-order valence-electron chi connectivity index (χ0n) is 14.3. The lowest BCUT2D eigenvalue weighted by atomic mass is 10.1. The molecule has 4 rings (SSSR count). The molecule has 0 unspecified atom stereocenters. The molecule has 0 N–H and O–H groups in total. The van der Waals surface area contributed by atoms with E-state index in [9.17, 15) is 9.59 Å². The molecule has 7 heteroatoms. The molecule has 0 spiro atoms. The fraction of sp³-hybridized carbons (Fsp3) is 0.211. The first kappa shape index (κ1) is 16.1. The highest BCUT2D eigenvalue weighted by Crippen LogP contribution is 2.26. The number of hydrogen-bond acceptors (Lipinski definition) is 4. The van der Waals surface area contributed by atoms with E-state index in [2.05, 4.69) is 4.98 Å². The van der Waals surface area contributed by atoms with Gasteiger partial charge in [-0.2, -0.15) is 9.67 Å². The van der Waals surface area contributed by atoms with E-state index < -0.39 is 5.69 Å². The lowest BCUT2D eigenvalue weighted by Crippen LogP contribution is -2.34. The van der Waals surface area contributed by atoms with E-state index >= 15 is 0 Å². The molecule has 0 atom stereocenters. The second-order valence-electron chi connectivity index (χ2n) is 6.05. The van der Waals surface area contributed by atoms with E-state index in [1.165, 1.54) is 9.36 Å². The first-order valence-electron chi connectivity index (χ1n) is 8.36. The minimum absolute atomic E-state index is 0.263. The van der Waals surface area contributed by atoms with Gasteiger partial charge in [-0.1, -0.05) is 36.4 Å². The van der Waals surface area contributed by atoms with E-state index in [1.807, 2.05) is 48.5 Å². The highest BCUT2D eigenvalue weighted by atomic mass is 16.5. The monoisotopic (exact) mass is 350 g/mol. The number of ether oxygens (including phenoxy) is 1. The third-order valence-corrected chi connectivity index (χ3v) is 4.46. The van der Waals surface area contributed by atoms with E-state index in [-0.39, 0.29) is 12.6 Å². The maximum atomic E-state index is 12.9. The van der Waals surface area contributed by atoms with Crippen molar-refractivity contribution < 1.29 is 9.53 Å². The predicted octanol–water partition coefficient (Wildman–Crippen LogP) is 2.28. The van der Waals surface area contributed by atoms with Crippen molar-refractivity contribution in [2.24, 2.45) is 0 Å². The van der Waals surface area contributed by atoms with Gasteiger partial charge in [-0.25, -0.2) is 14.3 Å². The topological polar surface area (TPSA) is 69.4 Å². The van der Waals surface area contributed by atoms with Gasteiger partial charge in [-0.3, -0.25) is 4.90 Å². The van der Waals surface area contributed by atoms with Crippen molar-refractivity contribution >= 4 is 11.7 Å². The van der Waals surface area contributed by atoms with Crippen molar-refractivity contribution in [3.63, 3.8) is 0 Å². The van der Waals surface area contributed by atoms with Crippen molar-refractivity contribution in [3.8, 4) is 5.75 Å². The summed E-state index contributed by atoms with van der Waals surface area (Å²) in [5.41, 5.74) is 1.42. The summed E-state index contributed by atoms with van der Waals surface area (Å²) < 4.78 is 8.01. The van der Waals surface area contributed by atoms with Gasteiger partial charge >= 0.3 is 11.7 Å². The lowest BCUT2D eigenvalue weighted by molar-refractivity contribution is 0.244. The van der Waals surface area contributed by atoms with Crippen LogP contribution in [0.2, 0.25) is 0 Å². The van der Waals surface area contributed by atoms with Gasteiger partial charge in [-0.05, 0) is 24.1 Å². The number of hydrogen-bond donors (Lipinski definition) is 0. The van der Waals surface area contributed by atoms with Gasteiger partial charge < -0.3 is 4.74 Å². The van der Waals surface area contributed by atoms with Gasteiger partial charge in [0.15, 0.2) is 5.82 Å². The van der Waals surface area contributed by atoms with E-state index in [4.69, 9.17) is 4.74 Å². The maximum absolute atomic E-state index is 12.9. The smallest absolute Gasteiger partial charge is 0.364 e. The number of nitrogens with zero attached hydrogens (tertiary/aromatic N) is 4. The molecule has 26 heavy (non-hydrogen) atoms. The molecular formula is C19H18N4O3. The summed E-state index contributed by atoms with van der Waals surface area (Å²) in [5.74, 6) is 1.12. The molecule has 132 valence electrons. The number of amides is 1. The van der Waals surface area contributed by atoms with Crippen LogP contribution in [-0.4, -0.2) is 27.5 Å². The van der Waals surface area contributed by atoms with Crippen molar-refractivity contribution in [1.82, 2.24) is 14.3 Å². The summed E-state index contributed by atoms with van der Waals surface area (Å²) in [6.07, 6.45) is 0.651. The maximum Gasteiger partial charge on any atom is 0.364 e. The number of rotatable bonds is 5. The van der Waals surface area contributed by atoms with Gasteiger partial charge in [0.05, 0.1) is 13.7 Å². The Bertz CT molecular complexity index is 1010. The van der Waals surface area contributed by atoms with Crippen molar-refractivity contribution in [3.05, 3.63) is 76.5 Å². The van der Waals surface area contributed by atoms with Crippen LogP contribution in [0, 0.1) is 0 Å². The molecule has 0 radical (unpaired) electrons. The van der Waals surface area contributed by atoms with E-state index in [0.717, 1.165) is 5.56 Å². The average Bonchev–Trinajstić information content (AvgIpc) is 3.16. The fourth-order valence-corrected chi connectivity index (χ4v) is 3.14. The summed E-state index contributed by atoms with van der Waals surface area (Å²) >= 11 is 0. The van der Waals surface area contributed by atoms with Crippen LogP contribution in [0.15, 0.2) is 59.4 Å². The molecular weight excluding hydrogens is 332 g/mol. The number of carbonyl (C=O) groups is 1. The Balaban J connectivity index is 1.61. The second-order valence-corrected chi connectivity index (χ2v) is 6.05. The van der Waals surface area contributed by atoms with E-state index in [0.29, 0.717) is 30.2 Å². The Morgan fingerprint density at radius 1 is 1.08 bits per heavy atom. The zero-order valence-corrected chi connectivity index (χ0v) is 14.3. The lowest BCUT2D eigenvalue weighted by Gasteiger charge is -2.16. The molecule has 2 heterocycles. The van der Waals surface area contributed by atoms with Gasteiger partial charge in [0.1, 0.15) is 5.75 Å². The third-order valence-electron chi connectivity index (χ3n) is 4.46. The van der Waals surface area contributed by atoms with Crippen LogP contribution in [0.5, 0.6) is 5.75 Å². The summed E-state index contributed by atoms with van der Waals surface area (Å²) in [4.78, 5) is 30.7. The van der Waals surface area contributed by atoms with Crippen molar-refractivity contribution in [2.75, 3.05) is 12.0 Å². The number of carbonyl (C=O) groups excluding carboxylic acids is 1. The van der Waals surface area contributed by atoms with Crippen LogP contribution in [-0.2, 0) is 19.5 Å². The van der Waals surface area contributed by atoms with Crippen LogP contribution in [0.3, 0.4) is 0 Å². The van der Waals surface area contributed by atoms with Gasteiger partial charge in [0.2, 0.25) is 0 Å². The minimum Gasteiger partial charge on any atom is -0.497 e. The standard InChI is InChI=1S/C19H18N4O3/c1-26-16-9-5-8-15(12-16)21-13-17-20-18(24)22(23(17)19(21)25)11-10-14-6-3-2-4-7-14/h2-9,12H,10-11,13H2,1H3. The van der Waals surface area contributed by atoms with Crippen LogP contribution < -0.4 is 15.3 Å². The molecule has 2 aromatic carbocycles. The Kier molecular flexibility index (Phi) is 4.04. The zero-order chi connectivity index (χ0) is 18.1. The highest BCUT2D eigenvalue weighted by Gasteiger charge is 2.33. The summed E-state index contributed by atoms with van der Waals surface area (Å²) in [5, 5.41) is 0. The summed E-state index contributed by atoms with van der Waals surface area (Å²) in [7, 11) is 1.58. The number of methoxy groups -OCH3 is 1. The molecule has 1 amide bonds. The molecule has 1 aliphatic heterocycles. The third kappa shape index (κ3) is 2.77. The number of aryl methyl sites for hydroxylation is 1. The molecule has 1 aliphatic rings. The molecule has 0 fully saturated rings.